The maximum Gasteiger partial charge on any atom is 0.340 e. The Kier molecular flexibility index (Phi) is 4.94. The number of pyridine rings is 1. The van der Waals surface area contributed by atoms with E-state index < -0.39 is 0 Å². The van der Waals surface area contributed by atoms with E-state index in [-0.39, 0.29) is 11.8 Å². The topological polar surface area (TPSA) is 30.7 Å². The number of ether oxygens (including phenoxy) is 1. The van der Waals surface area contributed by atoms with Crippen molar-refractivity contribution in [2.45, 2.75) is 13.3 Å². The molecule has 0 spiro atoms. The summed E-state index contributed by atoms with van der Waals surface area (Å²) >= 11 is 0. The van der Waals surface area contributed by atoms with Crippen molar-refractivity contribution in [2.75, 3.05) is 6.61 Å². The second-order valence-corrected chi connectivity index (χ2v) is 6.51. The predicted octanol–water partition coefficient (Wildman–Crippen LogP) is 5.51. The van der Waals surface area contributed by atoms with Crippen molar-refractivity contribution in [3.63, 3.8) is 0 Å². The van der Waals surface area contributed by atoms with Gasteiger partial charge in [-0.1, -0.05) is 54.6 Å². The number of hydrogen-bond acceptors (Lipinski definition) is 2. The molecule has 0 aliphatic rings. The molecule has 4 heteroatoms. The van der Waals surface area contributed by atoms with Crippen LogP contribution >= 0.6 is 0 Å². The van der Waals surface area contributed by atoms with Gasteiger partial charge in [-0.15, -0.1) is 0 Å². The van der Waals surface area contributed by atoms with E-state index in [1.165, 1.54) is 6.07 Å². The summed E-state index contributed by atoms with van der Waals surface area (Å²) in [6, 6.07) is 22.1. The number of aromatic nitrogens is 1. The van der Waals surface area contributed by atoms with E-state index in [0.717, 1.165) is 22.3 Å². The summed E-state index contributed by atoms with van der Waals surface area (Å²) in [5.41, 5.74) is 4.40. The normalized spacial score (nSPS) is 10.9. The maximum atomic E-state index is 14.4. The third kappa shape index (κ3) is 3.18. The first-order valence-electron chi connectivity index (χ1n) is 9.28. The molecule has 3 nitrogen and oxygen atoms in total. The molecule has 0 saturated heterocycles. The molecule has 2 heterocycles. The molecular weight excluding hydrogens is 353 g/mol. The van der Waals surface area contributed by atoms with Crippen molar-refractivity contribution < 1.29 is 13.9 Å². The number of halogens is 1. The Morgan fingerprint density at radius 2 is 1.68 bits per heavy atom. The van der Waals surface area contributed by atoms with E-state index >= 15 is 0 Å². The fraction of sp³-hybridized carbons (Fsp3) is 0.125. The second-order valence-electron chi connectivity index (χ2n) is 6.51. The van der Waals surface area contributed by atoms with Gasteiger partial charge in [-0.2, -0.15) is 0 Å². The van der Waals surface area contributed by atoms with Gasteiger partial charge in [0.15, 0.2) is 0 Å². The van der Waals surface area contributed by atoms with Crippen LogP contribution in [0.3, 0.4) is 0 Å². The molecule has 0 atom stereocenters. The predicted molar refractivity (Wildman–Crippen MR) is 108 cm³/mol. The summed E-state index contributed by atoms with van der Waals surface area (Å²) in [7, 11) is 0. The molecule has 0 amide bonds. The van der Waals surface area contributed by atoms with Crippen LogP contribution < -0.4 is 0 Å². The Morgan fingerprint density at radius 3 is 2.43 bits per heavy atom. The number of rotatable bonds is 5. The zero-order chi connectivity index (χ0) is 19.5. The van der Waals surface area contributed by atoms with E-state index in [1.54, 1.807) is 19.1 Å². The molecule has 0 N–H and O–H groups in total. The minimum Gasteiger partial charge on any atom is -0.462 e. The molecule has 0 radical (unpaired) electrons. The van der Waals surface area contributed by atoms with E-state index in [1.807, 2.05) is 65.2 Å². The van der Waals surface area contributed by atoms with Crippen molar-refractivity contribution in [3.8, 4) is 11.1 Å². The minimum absolute atomic E-state index is 0.259. The molecule has 0 aliphatic carbocycles. The molecule has 4 aromatic rings. The van der Waals surface area contributed by atoms with Crippen molar-refractivity contribution >= 4 is 11.5 Å². The van der Waals surface area contributed by atoms with Gasteiger partial charge in [-0.25, -0.2) is 9.18 Å². The van der Waals surface area contributed by atoms with E-state index in [4.69, 9.17) is 4.74 Å². The standard InChI is InChI=1S/C24H20FNO2/c1-2-28-24(27)23-20-14-8-9-15-26(20)21(16-18-12-6-7-13-19(18)25)22(23)17-10-4-3-5-11-17/h3-15H,2,16H2,1H3. The van der Waals surface area contributed by atoms with Gasteiger partial charge in [0.2, 0.25) is 0 Å². The van der Waals surface area contributed by atoms with Crippen LogP contribution in [0.25, 0.3) is 16.6 Å². The smallest absolute Gasteiger partial charge is 0.340 e. The van der Waals surface area contributed by atoms with Crippen LogP contribution in [-0.2, 0) is 11.2 Å². The van der Waals surface area contributed by atoms with Gasteiger partial charge in [0.1, 0.15) is 5.82 Å². The summed E-state index contributed by atoms with van der Waals surface area (Å²) in [6.45, 7) is 2.08. The number of hydrogen-bond donors (Lipinski definition) is 0. The minimum atomic E-state index is -0.371. The highest BCUT2D eigenvalue weighted by Crippen LogP contribution is 2.35. The molecule has 2 aromatic heterocycles. The second kappa shape index (κ2) is 7.69. The largest absolute Gasteiger partial charge is 0.462 e. The molecular formula is C24H20FNO2. The van der Waals surface area contributed by atoms with Gasteiger partial charge >= 0.3 is 5.97 Å². The summed E-state index contributed by atoms with van der Waals surface area (Å²) in [4.78, 5) is 12.9. The molecule has 0 saturated carbocycles. The van der Waals surface area contributed by atoms with Crippen LogP contribution in [0.5, 0.6) is 0 Å². The first-order chi connectivity index (χ1) is 13.7. The number of fused-ring (bicyclic) bond motifs is 1. The molecule has 140 valence electrons. The molecule has 4 rings (SSSR count). The SMILES string of the molecule is CCOC(=O)c1c(-c2ccccc2)c(Cc2ccccc2F)n2ccccc12. The molecule has 28 heavy (non-hydrogen) atoms. The molecule has 0 aliphatic heterocycles. The molecule has 0 unspecified atom stereocenters. The molecule has 0 fully saturated rings. The number of esters is 1. The Balaban J connectivity index is 2.02. The third-order valence-electron chi connectivity index (χ3n) is 4.80. The lowest BCUT2D eigenvalue weighted by Crippen LogP contribution is -2.06. The Labute approximate surface area is 163 Å². The number of nitrogens with zero attached hydrogens (tertiary/aromatic N) is 1. The van der Waals surface area contributed by atoms with Crippen molar-refractivity contribution in [2.24, 2.45) is 0 Å². The van der Waals surface area contributed by atoms with E-state index in [0.29, 0.717) is 24.2 Å². The number of carbonyl (C=O) groups is 1. The summed E-state index contributed by atoms with van der Waals surface area (Å²) in [5, 5.41) is 0. The number of benzene rings is 2. The maximum absolute atomic E-state index is 14.4. The fourth-order valence-electron chi connectivity index (χ4n) is 3.60. The van der Waals surface area contributed by atoms with Crippen molar-refractivity contribution in [1.82, 2.24) is 4.40 Å². The van der Waals surface area contributed by atoms with Crippen LogP contribution in [0.2, 0.25) is 0 Å². The Bertz CT molecular complexity index is 1130. The first-order valence-corrected chi connectivity index (χ1v) is 9.28. The lowest BCUT2D eigenvalue weighted by atomic mass is 9.97. The van der Waals surface area contributed by atoms with E-state index in [2.05, 4.69) is 0 Å². The van der Waals surface area contributed by atoms with Gasteiger partial charge in [0.25, 0.3) is 0 Å². The van der Waals surface area contributed by atoms with Gasteiger partial charge < -0.3 is 9.14 Å². The van der Waals surface area contributed by atoms with Gasteiger partial charge in [-0.05, 0) is 36.2 Å². The third-order valence-corrected chi connectivity index (χ3v) is 4.80. The average molecular weight is 373 g/mol. The first kappa shape index (κ1) is 18.0. The van der Waals surface area contributed by atoms with Crippen LogP contribution in [0.4, 0.5) is 4.39 Å². The lowest BCUT2D eigenvalue weighted by Gasteiger charge is -2.09. The Morgan fingerprint density at radius 1 is 0.964 bits per heavy atom. The van der Waals surface area contributed by atoms with Crippen LogP contribution in [0.15, 0.2) is 79.0 Å². The highest BCUT2D eigenvalue weighted by molar-refractivity contribution is 6.05. The van der Waals surface area contributed by atoms with Crippen LogP contribution in [0, 0.1) is 5.82 Å². The lowest BCUT2D eigenvalue weighted by molar-refractivity contribution is 0.0529. The van der Waals surface area contributed by atoms with Crippen molar-refractivity contribution in [1.29, 1.82) is 0 Å². The average Bonchev–Trinajstić information content (AvgIpc) is 3.05. The highest BCUT2D eigenvalue weighted by Gasteiger charge is 2.25. The van der Waals surface area contributed by atoms with Gasteiger partial charge in [-0.3, -0.25) is 0 Å². The van der Waals surface area contributed by atoms with Crippen LogP contribution in [-0.4, -0.2) is 17.0 Å². The number of carbonyl (C=O) groups excluding carboxylic acids is 1. The quantitative estimate of drug-likeness (QED) is 0.432. The fourth-order valence-corrected chi connectivity index (χ4v) is 3.60. The Hall–Kier alpha value is -3.40. The molecule has 0 bridgehead atoms. The van der Waals surface area contributed by atoms with Gasteiger partial charge in [0.05, 0.1) is 17.7 Å². The van der Waals surface area contributed by atoms with Crippen molar-refractivity contribution in [3.05, 3.63) is 102 Å². The monoisotopic (exact) mass is 373 g/mol. The zero-order valence-electron chi connectivity index (χ0n) is 15.6. The summed E-state index contributed by atoms with van der Waals surface area (Å²) in [5.74, 6) is -0.630. The summed E-state index contributed by atoms with van der Waals surface area (Å²) in [6.07, 6.45) is 2.27. The van der Waals surface area contributed by atoms with E-state index in [9.17, 15) is 9.18 Å². The summed E-state index contributed by atoms with van der Waals surface area (Å²) < 4.78 is 21.7. The van der Waals surface area contributed by atoms with Gasteiger partial charge in [0, 0.05) is 23.9 Å². The zero-order valence-corrected chi connectivity index (χ0v) is 15.6. The highest BCUT2D eigenvalue weighted by atomic mass is 19.1. The van der Waals surface area contributed by atoms with Crippen LogP contribution in [0.1, 0.15) is 28.5 Å². The molecule has 2 aromatic carbocycles.